The number of benzene rings is 1. The lowest BCUT2D eigenvalue weighted by molar-refractivity contribution is 0.626. The molecule has 0 bridgehead atoms. The van der Waals surface area contributed by atoms with Gasteiger partial charge in [0.2, 0.25) is 0 Å². The average molecular weight is 316 g/mol. The van der Waals surface area contributed by atoms with Crippen molar-refractivity contribution in [3.05, 3.63) is 42.7 Å². The van der Waals surface area contributed by atoms with Crippen LogP contribution in [0.25, 0.3) is 11.4 Å². The van der Waals surface area contributed by atoms with E-state index in [9.17, 15) is 4.39 Å². The Kier molecular flexibility index (Phi) is 6.16. The van der Waals surface area contributed by atoms with Crippen molar-refractivity contribution in [2.75, 3.05) is 5.75 Å². The highest BCUT2D eigenvalue weighted by molar-refractivity contribution is 7.99. The third kappa shape index (κ3) is 3.95. The summed E-state index contributed by atoms with van der Waals surface area (Å²) in [6.45, 7) is 4.26. The molecule has 1 heterocycles. The molecule has 0 aliphatic heterocycles. The first-order valence-corrected chi connectivity index (χ1v) is 8.05. The Bertz CT molecular complexity index is 675. The van der Waals surface area contributed by atoms with Crippen LogP contribution in [0, 0.1) is 17.1 Å². The molecule has 0 saturated heterocycles. The van der Waals surface area contributed by atoms with Crippen molar-refractivity contribution in [3.8, 4) is 17.5 Å². The Morgan fingerprint density at radius 3 is 2.86 bits per heavy atom. The van der Waals surface area contributed by atoms with Crippen LogP contribution in [0.1, 0.15) is 19.3 Å². The van der Waals surface area contributed by atoms with Gasteiger partial charge in [0.05, 0.1) is 11.6 Å². The zero-order valence-electron chi connectivity index (χ0n) is 12.2. The second-order valence-corrected chi connectivity index (χ2v) is 5.71. The van der Waals surface area contributed by atoms with Crippen LogP contribution in [0.3, 0.4) is 0 Å². The monoisotopic (exact) mass is 316 g/mol. The fourth-order valence-electron chi connectivity index (χ4n) is 2.00. The second-order valence-electron chi connectivity index (χ2n) is 4.65. The summed E-state index contributed by atoms with van der Waals surface area (Å²) in [4.78, 5) is 0. The van der Waals surface area contributed by atoms with Gasteiger partial charge >= 0.3 is 0 Å². The fourth-order valence-corrected chi connectivity index (χ4v) is 2.95. The Morgan fingerprint density at radius 1 is 1.32 bits per heavy atom. The van der Waals surface area contributed by atoms with Gasteiger partial charge in [-0.15, -0.1) is 16.8 Å². The summed E-state index contributed by atoms with van der Waals surface area (Å²) in [6, 6.07) is 8.67. The highest BCUT2D eigenvalue weighted by Crippen LogP contribution is 2.26. The summed E-state index contributed by atoms with van der Waals surface area (Å²) >= 11 is 1.57. The van der Waals surface area contributed by atoms with Gasteiger partial charge in [-0.3, -0.25) is 4.57 Å². The molecule has 0 aliphatic rings. The molecule has 0 unspecified atom stereocenters. The molecular formula is C16H17FN4S. The minimum absolute atomic E-state index is 0.314. The maximum atomic E-state index is 14.0. The van der Waals surface area contributed by atoms with E-state index in [1.807, 2.05) is 4.57 Å². The van der Waals surface area contributed by atoms with Crippen LogP contribution in [0.5, 0.6) is 0 Å². The lowest BCUT2D eigenvalue weighted by Gasteiger charge is -2.08. The van der Waals surface area contributed by atoms with Crippen LogP contribution >= 0.6 is 11.8 Å². The molecular weight excluding hydrogens is 299 g/mol. The molecule has 2 aromatic rings. The summed E-state index contributed by atoms with van der Waals surface area (Å²) in [6.07, 6.45) is 4.13. The number of allylic oxidation sites excluding steroid dienone is 1. The van der Waals surface area contributed by atoms with E-state index in [1.54, 1.807) is 36.0 Å². The molecule has 0 radical (unpaired) electrons. The van der Waals surface area contributed by atoms with Crippen molar-refractivity contribution in [3.63, 3.8) is 0 Å². The van der Waals surface area contributed by atoms with Crippen molar-refractivity contribution in [1.29, 1.82) is 5.26 Å². The molecule has 0 aliphatic carbocycles. The number of nitrogens with zero attached hydrogens (tertiary/aromatic N) is 4. The van der Waals surface area contributed by atoms with Crippen LogP contribution in [-0.4, -0.2) is 20.5 Å². The van der Waals surface area contributed by atoms with Crippen LogP contribution in [0.4, 0.5) is 4.39 Å². The normalized spacial score (nSPS) is 10.4. The van der Waals surface area contributed by atoms with Crippen molar-refractivity contribution >= 4 is 11.8 Å². The lowest BCUT2D eigenvalue weighted by atomic mass is 10.2. The molecule has 1 aromatic heterocycles. The van der Waals surface area contributed by atoms with Gasteiger partial charge in [0, 0.05) is 18.7 Å². The first kappa shape index (κ1) is 16.2. The van der Waals surface area contributed by atoms with Crippen molar-refractivity contribution < 1.29 is 4.39 Å². The standard InChI is InChI=1S/C16H17FN4S/c1-2-11-21-15(13-8-4-5-9-14(13)17)19-20-16(21)22-12-7-3-6-10-18/h2,4-5,8-9H,1,3,6-7,11-12H2. The Labute approximate surface area is 133 Å². The van der Waals surface area contributed by atoms with Crippen molar-refractivity contribution in [2.45, 2.75) is 31.0 Å². The number of aromatic nitrogens is 3. The summed E-state index contributed by atoms with van der Waals surface area (Å²) in [5, 5.41) is 17.6. The molecule has 0 N–H and O–H groups in total. The predicted octanol–water partition coefficient (Wildman–Crippen LogP) is 4.06. The number of hydrogen-bond acceptors (Lipinski definition) is 4. The number of halogens is 1. The predicted molar refractivity (Wildman–Crippen MR) is 85.8 cm³/mol. The number of rotatable bonds is 8. The SMILES string of the molecule is C=CCn1c(SCCCCC#N)nnc1-c1ccccc1F. The molecule has 0 fully saturated rings. The van der Waals surface area contributed by atoms with Crippen LogP contribution in [-0.2, 0) is 6.54 Å². The summed E-state index contributed by atoms with van der Waals surface area (Å²) in [5.74, 6) is 1.05. The summed E-state index contributed by atoms with van der Waals surface area (Å²) in [7, 11) is 0. The number of hydrogen-bond donors (Lipinski definition) is 0. The average Bonchev–Trinajstić information content (AvgIpc) is 2.91. The molecule has 0 atom stereocenters. The van der Waals surface area contributed by atoms with Crippen LogP contribution in [0.15, 0.2) is 42.1 Å². The third-order valence-corrected chi connectivity index (χ3v) is 4.11. The molecule has 0 spiro atoms. The molecule has 4 nitrogen and oxygen atoms in total. The Hall–Kier alpha value is -2.13. The van der Waals surface area contributed by atoms with Gasteiger partial charge in [0.25, 0.3) is 0 Å². The minimum Gasteiger partial charge on any atom is -0.298 e. The Morgan fingerprint density at radius 2 is 2.14 bits per heavy atom. The highest BCUT2D eigenvalue weighted by atomic mass is 32.2. The molecule has 0 saturated carbocycles. The van der Waals surface area contributed by atoms with Gasteiger partial charge in [0.15, 0.2) is 11.0 Å². The zero-order chi connectivity index (χ0) is 15.8. The first-order chi connectivity index (χ1) is 10.8. The maximum absolute atomic E-state index is 14.0. The van der Waals surface area contributed by atoms with Crippen LogP contribution < -0.4 is 0 Å². The lowest BCUT2D eigenvalue weighted by Crippen LogP contribution is -2.02. The summed E-state index contributed by atoms with van der Waals surface area (Å²) in [5.41, 5.74) is 0.438. The third-order valence-electron chi connectivity index (χ3n) is 3.06. The van der Waals surface area contributed by atoms with Gasteiger partial charge in [-0.1, -0.05) is 30.0 Å². The van der Waals surface area contributed by atoms with E-state index < -0.39 is 0 Å². The van der Waals surface area contributed by atoms with E-state index in [-0.39, 0.29) is 5.82 Å². The maximum Gasteiger partial charge on any atom is 0.191 e. The number of nitriles is 1. The fraction of sp³-hybridized carbons (Fsp3) is 0.312. The molecule has 6 heteroatoms. The largest absolute Gasteiger partial charge is 0.298 e. The molecule has 1 aromatic carbocycles. The Balaban J connectivity index is 2.17. The molecule has 22 heavy (non-hydrogen) atoms. The van der Waals surface area contributed by atoms with Crippen molar-refractivity contribution in [1.82, 2.24) is 14.8 Å². The molecule has 2 rings (SSSR count). The van der Waals surface area contributed by atoms with Crippen LogP contribution in [0.2, 0.25) is 0 Å². The molecule has 114 valence electrons. The van der Waals surface area contributed by atoms with E-state index in [0.717, 1.165) is 23.8 Å². The van der Waals surface area contributed by atoms with E-state index in [2.05, 4.69) is 22.8 Å². The molecule has 0 amide bonds. The van der Waals surface area contributed by atoms with Gasteiger partial charge in [-0.2, -0.15) is 5.26 Å². The zero-order valence-corrected chi connectivity index (χ0v) is 13.0. The van der Waals surface area contributed by atoms with Gasteiger partial charge in [-0.05, 0) is 25.0 Å². The first-order valence-electron chi connectivity index (χ1n) is 7.06. The van der Waals surface area contributed by atoms with Gasteiger partial charge in [-0.25, -0.2) is 4.39 Å². The van der Waals surface area contributed by atoms with Gasteiger partial charge in [0.1, 0.15) is 5.82 Å². The number of unbranched alkanes of at least 4 members (excludes halogenated alkanes) is 2. The topological polar surface area (TPSA) is 54.5 Å². The minimum atomic E-state index is -0.314. The van der Waals surface area contributed by atoms with E-state index in [0.29, 0.717) is 24.4 Å². The number of thioether (sulfide) groups is 1. The van der Waals surface area contributed by atoms with E-state index >= 15 is 0 Å². The quantitative estimate of drug-likeness (QED) is 0.419. The van der Waals surface area contributed by atoms with Gasteiger partial charge < -0.3 is 0 Å². The highest BCUT2D eigenvalue weighted by Gasteiger charge is 2.15. The van der Waals surface area contributed by atoms with E-state index in [4.69, 9.17) is 5.26 Å². The summed E-state index contributed by atoms with van der Waals surface area (Å²) < 4.78 is 15.8. The smallest absolute Gasteiger partial charge is 0.191 e. The van der Waals surface area contributed by atoms with E-state index in [1.165, 1.54) is 6.07 Å². The van der Waals surface area contributed by atoms with Crippen molar-refractivity contribution in [2.24, 2.45) is 0 Å². The second kappa shape index (κ2) is 8.35.